The van der Waals surface area contributed by atoms with Gasteiger partial charge in [0.15, 0.2) is 0 Å². The molecule has 2 rings (SSSR count). The first-order chi connectivity index (χ1) is 8.85. The number of aryl methyl sites for hydroxylation is 1. The minimum atomic E-state index is -1.29. The van der Waals surface area contributed by atoms with Gasteiger partial charge in [0.2, 0.25) is 0 Å². The maximum absolute atomic E-state index is 3.57. The summed E-state index contributed by atoms with van der Waals surface area (Å²) in [5, 5.41) is 0. The molecule has 1 aromatic heterocycles. The third-order valence-corrected chi connectivity index (χ3v) is 5.67. The smallest absolute Gasteiger partial charge is 0.129 e. The maximum Gasteiger partial charge on any atom is 0.129 e. The monoisotopic (exact) mass is 348 g/mol. The van der Waals surface area contributed by atoms with Gasteiger partial charge in [0.1, 0.15) is 8.07 Å². The second kappa shape index (κ2) is 5.66. The van der Waals surface area contributed by atoms with Crippen LogP contribution in [0, 0.1) is 18.4 Å². The van der Waals surface area contributed by atoms with Crippen LogP contribution in [0.3, 0.4) is 0 Å². The lowest BCUT2D eigenvalue weighted by Crippen LogP contribution is -2.16. The van der Waals surface area contributed by atoms with Crippen LogP contribution in [-0.4, -0.2) is 8.07 Å². The van der Waals surface area contributed by atoms with E-state index in [2.05, 4.69) is 84.3 Å². The standard InChI is InChI=1S/C16H17BrSSi/c1-12-15(17)11-16(18-12)14-7-5-13(6-8-14)9-10-19(2,3)4/h5-8,11H,1-4H3. The molecule has 0 N–H and O–H groups in total. The molecular weight excluding hydrogens is 332 g/mol. The molecule has 3 heteroatoms. The van der Waals surface area contributed by atoms with Crippen LogP contribution in [0.2, 0.25) is 19.6 Å². The SMILES string of the molecule is Cc1sc(-c2ccc(C#C[Si](C)(C)C)cc2)cc1Br. The Morgan fingerprint density at radius 1 is 1.11 bits per heavy atom. The Labute approximate surface area is 129 Å². The molecule has 0 nitrogen and oxygen atoms in total. The first-order valence-electron chi connectivity index (χ1n) is 6.25. The molecule has 0 aliphatic carbocycles. The highest BCUT2D eigenvalue weighted by Crippen LogP contribution is 2.33. The van der Waals surface area contributed by atoms with Gasteiger partial charge in [-0.05, 0) is 46.6 Å². The van der Waals surface area contributed by atoms with Crippen LogP contribution >= 0.6 is 27.3 Å². The predicted octanol–water partition coefficient (Wildman–Crippen LogP) is 5.71. The zero-order valence-corrected chi connectivity index (χ0v) is 15.1. The lowest BCUT2D eigenvalue weighted by atomic mass is 10.1. The number of hydrogen-bond donors (Lipinski definition) is 0. The molecule has 0 saturated heterocycles. The largest absolute Gasteiger partial charge is 0.139 e. The lowest BCUT2D eigenvalue weighted by Gasteiger charge is -2.03. The van der Waals surface area contributed by atoms with Crippen molar-refractivity contribution >= 4 is 35.3 Å². The second-order valence-electron chi connectivity index (χ2n) is 5.59. The van der Waals surface area contributed by atoms with E-state index in [1.165, 1.54) is 19.8 Å². The van der Waals surface area contributed by atoms with Crippen LogP contribution in [0.25, 0.3) is 10.4 Å². The highest BCUT2D eigenvalue weighted by molar-refractivity contribution is 9.10. The third-order valence-electron chi connectivity index (χ3n) is 2.61. The number of hydrogen-bond acceptors (Lipinski definition) is 1. The van der Waals surface area contributed by atoms with Gasteiger partial charge in [-0.2, -0.15) is 0 Å². The Hall–Kier alpha value is -0.823. The zero-order chi connectivity index (χ0) is 14.0. The molecule has 19 heavy (non-hydrogen) atoms. The van der Waals surface area contributed by atoms with E-state index >= 15 is 0 Å². The van der Waals surface area contributed by atoms with Crippen molar-refractivity contribution in [2.75, 3.05) is 0 Å². The van der Waals surface area contributed by atoms with Crippen molar-refractivity contribution in [1.82, 2.24) is 0 Å². The quantitative estimate of drug-likeness (QED) is 0.457. The highest BCUT2D eigenvalue weighted by atomic mass is 79.9. The van der Waals surface area contributed by atoms with E-state index in [1.54, 1.807) is 0 Å². The van der Waals surface area contributed by atoms with E-state index in [-0.39, 0.29) is 0 Å². The van der Waals surface area contributed by atoms with E-state index < -0.39 is 8.07 Å². The van der Waals surface area contributed by atoms with Crippen molar-refractivity contribution in [3.05, 3.63) is 45.2 Å². The molecule has 0 spiro atoms. The number of rotatable bonds is 1. The number of halogens is 1. The van der Waals surface area contributed by atoms with Gasteiger partial charge in [-0.1, -0.05) is 37.7 Å². The molecule has 1 aromatic carbocycles. The molecule has 0 radical (unpaired) electrons. The highest BCUT2D eigenvalue weighted by Gasteiger charge is 2.08. The summed E-state index contributed by atoms with van der Waals surface area (Å²) in [7, 11) is -1.29. The molecular formula is C16H17BrSSi. The average Bonchev–Trinajstić information content (AvgIpc) is 2.67. The van der Waals surface area contributed by atoms with Crippen molar-refractivity contribution in [2.45, 2.75) is 26.6 Å². The first-order valence-corrected chi connectivity index (χ1v) is 11.4. The van der Waals surface area contributed by atoms with Crippen molar-refractivity contribution in [3.8, 4) is 21.9 Å². The maximum atomic E-state index is 3.57. The van der Waals surface area contributed by atoms with Gasteiger partial charge in [0.25, 0.3) is 0 Å². The summed E-state index contributed by atoms with van der Waals surface area (Å²) >= 11 is 5.38. The fraction of sp³-hybridized carbons (Fsp3) is 0.250. The number of thiophene rings is 1. The fourth-order valence-electron chi connectivity index (χ4n) is 1.58. The molecule has 2 aromatic rings. The minimum absolute atomic E-state index is 1.11. The van der Waals surface area contributed by atoms with Crippen molar-refractivity contribution in [2.24, 2.45) is 0 Å². The van der Waals surface area contributed by atoms with E-state index in [1.807, 2.05) is 11.3 Å². The van der Waals surface area contributed by atoms with Gasteiger partial charge in [0.05, 0.1) is 0 Å². The van der Waals surface area contributed by atoms with Crippen LogP contribution < -0.4 is 0 Å². The fourth-order valence-corrected chi connectivity index (χ4v) is 3.64. The molecule has 0 amide bonds. The molecule has 0 saturated carbocycles. The Bertz CT molecular complexity index is 617. The summed E-state index contributed by atoms with van der Waals surface area (Å²) in [6.07, 6.45) is 0. The van der Waals surface area contributed by atoms with Gasteiger partial charge < -0.3 is 0 Å². The Morgan fingerprint density at radius 2 is 1.74 bits per heavy atom. The van der Waals surface area contributed by atoms with E-state index in [4.69, 9.17) is 0 Å². The molecule has 0 fully saturated rings. The van der Waals surface area contributed by atoms with Gasteiger partial charge in [-0.25, -0.2) is 0 Å². The van der Waals surface area contributed by atoms with Crippen LogP contribution in [0.15, 0.2) is 34.8 Å². The molecule has 0 aliphatic heterocycles. The molecule has 1 heterocycles. The van der Waals surface area contributed by atoms with Crippen molar-refractivity contribution < 1.29 is 0 Å². The first kappa shape index (κ1) is 14.6. The van der Waals surface area contributed by atoms with Crippen molar-refractivity contribution in [3.63, 3.8) is 0 Å². The van der Waals surface area contributed by atoms with Gasteiger partial charge in [-0.15, -0.1) is 16.9 Å². The Morgan fingerprint density at radius 3 is 2.21 bits per heavy atom. The second-order valence-corrected chi connectivity index (χ2v) is 12.5. The van der Waals surface area contributed by atoms with Crippen LogP contribution in [0.1, 0.15) is 10.4 Å². The molecule has 0 aliphatic rings. The minimum Gasteiger partial charge on any atom is -0.139 e. The summed E-state index contributed by atoms with van der Waals surface area (Å²) in [4.78, 5) is 2.62. The molecule has 0 unspecified atom stereocenters. The van der Waals surface area contributed by atoms with Gasteiger partial charge in [-0.3, -0.25) is 0 Å². The average molecular weight is 349 g/mol. The zero-order valence-electron chi connectivity index (χ0n) is 11.7. The molecule has 98 valence electrons. The molecule has 0 bridgehead atoms. The third kappa shape index (κ3) is 4.07. The summed E-state index contributed by atoms with van der Waals surface area (Å²) in [6.45, 7) is 8.92. The topological polar surface area (TPSA) is 0 Å². The summed E-state index contributed by atoms with van der Waals surface area (Å²) in [5.74, 6) is 3.29. The Balaban J connectivity index is 2.25. The van der Waals surface area contributed by atoms with Gasteiger partial charge in [0, 0.05) is 19.8 Å². The van der Waals surface area contributed by atoms with Crippen LogP contribution in [-0.2, 0) is 0 Å². The lowest BCUT2D eigenvalue weighted by molar-refractivity contribution is 1.59. The Kier molecular flexibility index (Phi) is 4.35. The van der Waals surface area contributed by atoms with Crippen LogP contribution in [0.4, 0.5) is 0 Å². The summed E-state index contributed by atoms with van der Waals surface area (Å²) in [6, 6.07) is 10.7. The molecule has 0 atom stereocenters. The summed E-state index contributed by atoms with van der Waals surface area (Å²) in [5.41, 5.74) is 5.77. The van der Waals surface area contributed by atoms with Crippen molar-refractivity contribution in [1.29, 1.82) is 0 Å². The normalized spacial score (nSPS) is 11.0. The van der Waals surface area contributed by atoms with Crippen LogP contribution in [0.5, 0.6) is 0 Å². The number of benzene rings is 1. The van der Waals surface area contributed by atoms with E-state index in [0.29, 0.717) is 0 Å². The van der Waals surface area contributed by atoms with E-state index in [9.17, 15) is 0 Å². The predicted molar refractivity (Wildman–Crippen MR) is 92.4 cm³/mol. The van der Waals surface area contributed by atoms with E-state index in [0.717, 1.165) is 5.56 Å². The summed E-state index contributed by atoms with van der Waals surface area (Å²) < 4.78 is 1.19. The van der Waals surface area contributed by atoms with Gasteiger partial charge >= 0.3 is 0 Å².